The van der Waals surface area contributed by atoms with Gasteiger partial charge in [-0.25, -0.2) is 0 Å². The second-order valence-electron chi connectivity index (χ2n) is 6.54. The summed E-state index contributed by atoms with van der Waals surface area (Å²) >= 11 is 0. The van der Waals surface area contributed by atoms with Gasteiger partial charge in [0.25, 0.3) is 0 Å². The van der Waals surface area contributed by atoms with Crippen molar-refractivity contribution in [3.63, 3.8) is 0 Å². The molecule has 25 heavy (non-hydrogen) atoms. The van der Waals surface area contributed by atoms with Gasteiger partial charge in [0.05, 0.1) is 39.5 Å². The van der Waals surface area contributed by atoms with Crippen molar-refractivity contribution in [2.75, 3.05) is 33.3 Å². The highest BCUT2D eigenvalue weighted by atomic mass is 16.5. The highest BCUT2D eigenvalue weighted by molar-refractivity contribution is 5.80. The summed E-state index contributed by atoms with van der Waals surface area (Å²) in [4.78, 5) is 1.60. The van der Waals surface area contributed by atoms with Crippen LogP contribution in [-0.2, 0) is 6.54 Å². The van der Waals surface area contributed by atoms with E-state index in [-0.39, 0.29) is 5.75 Å². The summed E-state index contributed by atoms with van der Waals surface area (Å²) in [6, 6.07) is 14.1. The maximum Gasteiger partial charge on any atom is 0.161 e. The van der Waals surface area contributed by atoms with Crippen LogP contribution in [0.5, 0.6) is 11.5 Å². The number of hydrogen-bond donors (Lipinski definition) is 2. The van der Waals surface area contributed by atoms with Crippen LogP contribution < -0.4 is 9.64 Å². The zero-order chi connectivity index (χ0) is 17.6. The molecule has 0 aliphatic carbocycles. The molecule has 0 atom stereocenters. The Bertz CT molecular complexity index is 720. The van der Waals surface area contributed by atoms with E-state index in [1.54, 1.807) is 24.1 Å². The molecule has 132 valence electrons. The highest BCUT2D eigenvalue weighted by Crippen LogP contribution is 2.25. The fourth-order valence-electron chi connectivity index (χ4n) is 3.02. The Morgan fingerprint density at radius 3 is 2.56 bits per heavy atom. The van der Waals surface area contributed by atoms with Crippen LogP contribution in [0.25, 0.3) is 0 Å². The van der Waals surface area contributed by atoms with E-state index in [9.17, 15) is 5.11 Å². The average molecular weight is 340 g/mol. The number of quaternary nitrogens is 1. The summed E-state index contributed by atoms with van der Waals surface area (Å²) < 4.78 is 5.13. The number of methoxy groups -OCH3 is 1. The number of nitrogens with zero attached hydrogens (tertiary/aromatic N) is 2. The minimum atomic E-state index is 0.146. The van der Waals surface area contributed by atoms with E-state index in [1.807, 2.05) is 12.3 Å². The van der Waals surface area contributed by atoms with Crippen molar-refractivity contribution in [2.45, 2.75) is 13.5 Å². The Labute approximate surface area is 149 Å². The fraction of sp³-hybridized carbons (Fsp3) is 0.350. The smallest absolute Gasteiger partial charge is 0.161 e. The van der Waals surface area contributed by atoms with Gasteiger partial charge in [-0.2, -0.15) is 5.10 Å². The van der Waals surface area contributed by atoms with Gasteiger partial charge in [-0.15, -0.1) is 0 Å². The Hall–Kier alpha value is -2.53. The SMILES string of the molecule is COc1cc(/C=N/N2CC[NH+](Cc3ccc(C)cc3)CC2)ccc1O. The molecule has 0 unspecified atom stereocenters. The van der Waals surface area contributed by atoms with Crippen LogP contribution in [0.3, 0.4) is 0 Å². The first kappa shape index (κ1) is 17.3. The third kappa shape index (κ3) is 4.73. The number of ether oxygens (including phenoxy) is 1. The molecule has 0 saturated carbocycles. The van der Waals surface area contributed by atoms with Gasteiger partial charge in [-0.1, -0.05) is 29.8 Å². The predicted molar refractivity (Wildman–Crippen MR) is 99.4 cm³/mol. The van der Waals surface area contributed by atoms with Crippen LogP contribution in [0.4, 0.5) is 0 Å². The molecule has 1 heterocycles. The molecular weight excluding hydrogens is 314 g/mol. The van der Waals surface area contributed by atoms with Crippen molar-refractivity contribution < 1.29 is 14.7 Å². The van der Waals surface area contributed by atoms with E-state index in [1.165, 1.54) is 11.1 Å². The van der Waals surface area contributed by atoms with E-state index < -0.39 is 0 Å². The molecule has 3 rings (SSSR count). The maximum atomic E-state index is 9.63. The van der Waals surface area contributed by atoms with E-state index in [2.05, 4.69) is 41.3 Å². The molecule has 0 radical (unpaired) electrons. The highest BCUT2D eigenvalue weighted by Gasteiger charge is 2.18. The van der Waals surface area contributed by atoms with Crippen LogP contribution >= 0.6 is 0 Å². The molecule has 2 aromatic rings. The zero-order valence-electron chi connectivity index (χ0n) is 14.9. The van der Waals surface area contributed by atoms with Crippen LogP contribution in [0.15, 0.2) is 47.6 Å². The second kappa shape index (κ2) is 8.03. The lowest BCUT2D eigenvalue weighted by Crippen LogP contribution is -3.13. The van der Waals surface area contributed by atoms with E-state index >= 15 is 0 Å². The molecule has 2 N–H and O–H groups in total. The number of nitrogens with one attached hydrogen (secondary N) is 1. The van der Waals surface area contributed by atoms with Crippen molar-refractivity contribution in [2.24, 2.45) is 5.10 Å². The third-order valence-electron chi connectivity index (χ3n) is 4.60. The summed E-state index contributed by atoms with van der Waals surface area (Å²) in [7, 11) is 1.55. The van der Waals surface area contributed by atoms with Crippen molar-refractivity contribution in [3.05, 3.63) is 59.2 Å². The number of hydrogen-bond acceptors (Lipinski definition) is 4. The molecule has 1 saturated heterocycles. The number of hydrazone groups is 1. The molecular formula is C20H26N3O2+. The van der Waals surface area contributed by atoms with E-state index in [4.69, 9.17) is 4.74 Å². The molecule has 0 aromatic heterocycles. The first-order valence-electron chi connectivity index (χ1n) is 8.69. The summed E-state index contributed by atoms with van der Waals surface area (Å²) in [6.45, 7) is 7.28. The Morgan fingerprint density at radius 2 is 1.88 bits per heavy atom. The van der Waals surface area contributed by atoms with Crippen LogP contribution in [0.1, 0.15) is 16.7 Å². The van der Waals surface area contributed by atoms with Crippen molar-refractivity contribution >= 4 is 6.21 Å². The molecule has 0 bridgehead atoms. The summed E-state index contributed by atoms with van der Waals surface area (Å²) in [5, 5.41) is 16.3. The fourth-order valence-corrected chi connectivity index (χ4v) is 3.02. The number of piperazine rings is 1. The predicted octanol–water partition coefficient (Wildman–Crippen LogP) is 1.44. The van der Waals surface area contributed by atoms with E-state index in [0.717, 1.165) is 38.3 Å². The van der Waals surface area contributed by atoms with Gasteiger partial charge in [-0.05, 0) is 30.7 Å². The number of phenolic OH excluding ortho intramolecular Hbond substituents is 1. The summed E-state index contributed by atoms with van der Waals surface area (Å²) in [6.07, 6.45) is 1.83. The normalized spacial score (nSPS) is 15.7. The zero-order valence-corrected chi connectivity index (χ0v) is 14.9. The minimum Gasteiger partial charge on any atom is -0.504 e. The van der Waals surface area contributed by atoms with Gasteiger partial charge in [0, 0.05) is 5.56 Å². The number of aryl methyl sites for hydroxylation is 1. The van der Waals surface area contributed by atoms with Gasteiger partial charge in [-0.3, -0.25) is 5.01 Å². The molecule has 1 aliphatic rings. The minimum absolute atomic E-state index is 0.146. The van der Waals surface area contributed by atoms with Crippen LogP contribution in [-0.4, -0.2) is 49.6 Å². The molecule has 2 aromatic carbocycles. The number of benzene rings is 2. The van der Waals surface area contributed by atoms with Crippen LogP contribution in [0.2, 0.25) is 0 Å². The summed E-state index contributed by atoms with van der Waals surface area (Å²) in [5.74, 6) is 0.615. The quantitative estimate of drug-likeness (QED) is 0.810. The topological polar surface area (TPSA) is 49.5 Å². The number of phenols is 1. The Balaban J connectivity index is 1.51. The Morgan fingerprint density at radius 1 is 1.16 bits per heavy atom. The monoisotopic (exact) mass is 340 g/mol. The molecule has 0 spiro atoms. The molecule has 1 aliphatic heterocycles. The lowest BCUT2D eigenvalue weighted by atomic mass is 10.1. The van der Waals surface area contributed by atoms with Gasteiger partial charge in [0.2, 0.25) is 0 Å². The standard InChI is InChI=1S/C20H25N3O2/c1-16-3-5-17(6-4-16)15-22-9-11-23(12-10-22)21-14-18-7-8-19(24)20(13-18)25-2/h3-8,13-14,24H,9-12,15H2,1-2H3/p+1/b21-14+. The average Bonchev–Trinajstić information content (AvgIpc) is 2.64. The number of rotatable bonds is 5. The second-order valence-corrected chi connectivity index (χ2v) is 6.54. The lowest BCUT2D eigenvalue weighted by molar-refractivity contribution is -0.918. The third-order valence-corrected chi connectivity index (χ3v) is 4.60. The summed E-state index contributed by atoms with van der Waals surface area (Å²) in [5.41, 5.74) is 3.63. The van der Waals surface area contributed by atoms with Gasteiger partial charge >= 0.3 is 0 Å². The van der Waals surface area contributed by atoms with Gasteiger partial charge < -0.3 is 14.7 Å². The van der Waals surface area contributed by atoms with Crippen molar-refractivity contribution in [3.8, 4) is 11.5 Å². The first-order chi connectivity index (χ1) is 12.1. The first-order valence-corrected chi connectivity index (χ1v) is 8.69. The van der Waals surface area contributed by atoms with Gasteiger partial charge in [0.15, 0.2) is 11.5 Å². The lowest BCUT2D eigenvalue weighted by Gasteiger charge is -2.30. The molecule has 5 nitrogen and oxygen atoms in total. The maximum absolute atomic E-state index is 9.63. The van der Waals surface area contributed by atoms with Crippen molar-refractivity contribution in [1.29, 1.82) is 0 Å². The molecule has 1 fully saturated rings. The Kier molecular flexibility index (Phi) is 5.56. The largest absolute Gasteiger partial charge is 0.504 e. The molecule has 5 heteroatoms. The number of aromatic hydroxyl groups is 1. The van der Waals surface area contributed by atoms with E-state index in [0.29, 0.717) is 5.75 Å². The van der Waals surface area contributed by atoms with Crippen LogP contribution in [0, 0.1) is 6.92 Å². The molecule has 0 amide bonds. The van der Waals surface area contributed by atoms with Crippen molar-refractivity contribution in [1.82, 2.24) is 5.01 Å². The van der Waals surface area contributed by atoms with Gasteiger partial charge in [0.1, 0.15) is 6.54 Å².